The van der Waals surface area contributed by atoms with Crippen LogP contribution < -0.4 is 0 Å². The lowest BCUT2D eigenvalue weighted by Crippen LogP contribution is -2.06. The van der Waals surface area contributed by atoms with Crippen LogP contribution in [0.1, 0.15) is 96.8 Å². The van der Waals surface area contributed by atoms with Gasteiger partial charge in [0.15, 0.2) is 0 Å². The van der Waals surface area contributed by atoms with Gasteiger partial charge in [-0.1, -0.05) is 137 Å². The number of carbonyl (C=O) groups excluding carboxylic acids is 1. The van der Waals surface area contributed by atoms with Crippen molar-refractivity contribution in [1.29, 1.82) is 0 Å². The standard InChI is InChI=1S/C23H36O2S4/c1-2-3-4-5-6-7-8-9-10-11-12-13-14-15-16-25-21(24)20-19-28-23(29-20)22-26-17-18-27-22/h17-19H,2-16H2,1H3. The van der Waals surface area contributed by atoms with Crippen molar-refractivity contribution in [3.63, 3.8) is 0 Å². The zero-order chi connectivity index (χ0) is 20.6. The number of hydrogen-bond donors (Lipinski definition) is 0. The van der Waals surface area contributed by atoms with Crippen molar-refractivity contribution in [3.8, 4) is 0 Å². The summed E-state index contributed by atoms with van der Waals surface area (Å²) >= 11 is 6.64. The molecule has 0 bridgehead atoms. The molecule has 2 heterocycles. The first-order valence-electron chi connectivity index (χ1n) is 11.3. The molecule has 0 aliphatic carbocycles. The summed E-state index contributed by atoms with van der Waals surface area (Å²) in [5.74, 6) is -0.159. The lowest BCUT2D eigenvalue weighted by molar-refractivity contribution is -0.138. The van der Waals surface area contributed by atoms with E-state index in [0.29, 0.717) is 6.61 Å². The van der Waals surface area contributed by atoms with Gasteiger partial charge in [-0.25, -0.2) is 4.79 Å². The molecular formula is C23H36O2S4. The van der Waals surface area contributed by atoms with E-state index in [4.69, 9.17) is 4.74 Å². The third-order valence-electron chi connectivity index (χ3n) is 4.98. The summed E-state index contributed by atoms with van der Waals surface area (Å²) in [6.45, 7) is 2.83. The average Bonchev–Trinajstić information content (AvgIpc) is 3.42. The van der Waals surface area contributed by atoms with E-state index in [9.17, 15) is 4.79 Å². The van der Waals surface area contributed by atoms with Crippen LogP contribution in [0.25, 0.3) is 0 Å². The molecule has 6 heteroatoms. The van der Waals surface area contributed by atoms with E-state index in [-0.39, 0.29) is 5.97 Å². The minimum absolute atomic E-state index is 0.159. The Morgan fingerprint density at radius 1 is 0.724 bits per heavy atom. The first-order chi connectivity index (χ1) is 14.3. The molecule has 2 nitrogen and oxygen atoms in total. The Morgan fingerprint density at radius 3 is 1.79 bits per heavy atom. The molecule has 0 unspecified atom stereocenters. The Hall–Kier alpha value is 0.0900. The van der Waals surface area contributed by atoms with Gasteiger partial charge >= 0.3 is 5.97 Å². The molecule has 2 aliphatic rings. The highest BCUT2D eigenvalue weighted by molar-refractivity contribution is 8.33. The Kier molecular flexibility index (Phi) is 14.6. The molecular weight excluding hydrogens is 437 g/mol. The predicted molar refractivity (Wildman–Crippen MR) is 136 cm³/mol. The zero-order valence-electron chi connectivity index (χ0n) is 17.8. The largest absolute Gasteiger partial charge is 0.462 e. The molecule has 0 aromatic rings. The Bertz CT molecular complexity index is 559. The quantitative estimate of drug-likeness (QED) is 0.164. The molecule has 0 aromatic heterocycles. The third kappa shape index (κ3) is 11.3. The van der Waals surface area contributed by atoms with Gasteiger partial charge < -0.3 is 4.74 Å². The summed E-state index contributed by atoms with van der Waals surface area (Å²) in [4.78, 5) is 12.9. The minimum atomic E-state index is -0.159. The van der Waals surface area contributed by atoms with Crippen molar-refractivity contribution < 1.29 is 9.53 Å². The number of carbonyl (C=O) groups is 1. The maximum atomic E-state index is 12.2. The normalized spacial score (nSPS) is 16.0. The van der Waals surface area contributed by atoms with Crippen molar-refractivity contribution in [2.24, 2.45) is 0 Å². The summed E-state index contributed by atoms with van der Waals surface area (Å²) < 4.78 is 7.92. The van der Waals surface area contributed by atoms with Gasteiger partial charge in [0.25, 0.3) is 0 Å². The SMILES string of the molecule is CCCCCCCCCCCCCCCCOC(=O)C1=CSC(=C2SC=CS2)S1. The van der Waals surface area contributed by atoms with E-state index in [0.717, 1.165) is 11.3 Å². The zero-order valence-corrected chi connectivity index (χ0v) is 21.1. The van der Waals surface area contributed by atoms with E-state index in [1.165, 1.54) is 91.9 Å². The lowest BCUT2D eigenvalue weighted by atomic mass is 10.0. The van der Waals surface area contributed by atoms with Gasteiger partial charge in [0, 0.05) is 0 Å². The van der Waals surface area contributed by atoms with Crippen LogP contribution in [0.2, 0.25) is 0 Å². The molecule has 0 radical (unpaired) electrons. The fourth-order valence-electron chi connectivity index (χ4n) is 3.27. The van der Waals surface area contributed by atoms with E-state index < -0.39 is 0 Å². The van der Waals surface area contributed by atoms with Crippen molar-refractivity contribution in [1.82, 2.24) is 0 Å². The van der Waals surface area contributed by atoms with Crippen LogP contribution in [0.3, 0.4) is 0 Å². The van der Waals surface area contributed by atoms with Crippen molar-refractivity contribution >= 4 is 53.0 Å². The third-order valence-corrected chi connectivity index (χ3v) is 9.98. The molecule has 29 heavy (non-hydrogen) atoms. The second-order valence-corrected chi connectivity index (χ2v) is 11.8. The molecule has 0 atom stereocenters. The Balaban J connectivity index is 1.35. The topological polar surface area (TPSA) is 26.3 Å². The van der Waals surface area contributed by atoms with E-state index in [1.54, 1.807) is 47.0 Å². The molecule has 0 N–H and O–H groups in total. The first-order valence-corrected chi connectivity index (χ1v) is 14.7. The first kappa shape index (κ1) is 25.4. The summed E-state index contributed by atoms with van der Waals surface area (Å²) in [5, 5.41) is 6.10. The molecule has 0 saturated carbocycles. The number of hydrogen-bond acceptors (Lipinski definition) is 6. The van der Waals surface area contributed by atoms with Crippen molar-refractivity contribution in [2.75, 3.05) is 6.61 Å². The van der Waals surface area contributed by atoms with Crippen LogP contribution in [0.4, 0.5) is 0 Å². The lowest BCUT2D eigenvalue weighted by Gasteiger charge is -2.06. The second-order valence-electron chi connectivity index (χ2n) is 7.52. The predicted octanol–water partition coefficient (Wildman–Crippen LogP) is 9.41. The smallest absolute Gasteiger partial charge is 0.345 e. The maximum absolute atomic E-state index is 12.2. The highest BCUT2D eigenvalue weighted by Crippen LogP contribution is 2.53. The van der Waals surface area contributed by atoms with Crippen LogP contribution in [0.5, 0.6) is 0 Å². The van der Waals surface area contributed by atoms with E-state index in [2.05, 4.69) is 17.7 Å². The van der Waals surface area contributed by atoms with E-state index in [1.807, 2.05) is 5.41 Å². The van der Waals surface area contributed by atoms with Gasteiger partial charge in [-0.15, -0.1) is 0 Å². The molecule has 0 aromatic carbocycles. The molecule has 2 aliphatic heterocycles. The van der Waals surface area contributed by atoms with Crippen LogP contribution in [0, 0.1) is 0 Å². The van der Waals surface area contributed by atoms with Crippen LogP contribution in [-0.2, 0) is 9.53 Å². The number of thioether (sulfide) groups is 4. The molecule has 2 rings (SSSR count). The Labute approximate surface area is 194 Å². The summed E-state index contributed by atoms with van der Waals surface area (Å²) in [6, 6.07) is 0. The van der Waals surface area contributed by atoms with Crippen molar-refractivity contribution in [2.45, 2.75) is 96.8 Å². The van der Waals surface area contributed by atoms with E-state index >= 15 is 0 Å². The number of rotatable bonds is 16. The highest BCUT2D eigenvalue weighted by Gasteiger charge is 2.23. The fourth-order valence-corrected chi connectivity index (χ4v) is 7.60. The fraction of sp³-hybridized carbons (Fsp3) is 0.696. The average molecular weight is 473 g/mol. The molecule has 0 amide bonds. The molecule has 0 saturated heterocycles. The highest BCUT2D eigenvalue weighted by atomic mass is 32.2. The summed E-state index contributed by atoms with van der Waals surface area (Å²) in [5.41, 5.74) is 0. The van der Waals surface area contributed by atoms with Crippen LogP contribution >= 0.6 is 47.0 Å². The Morgan fingerprint density at radius 2 is 1.24 bits per heavy atom. The van der Waals surface area contributed by atoms with Crippen LogP contribution in [0.15, 0.2) is 29.6 Å². The monoisotopic (exact) mass is 472 g/mol. The van der Waals surface area contributed by atoms with Crippen LogP contribution in [-0.4, -0.2) is 12.6 Å². The number of ether oxygens (including phenoxy) is 1. The summed E-state index contributed by atoms with van der Waals surface area (Å²) in [7, 11) is 0. The number of esters is 1. The van der Waals surface area contributed by atoms with Crippen molar-refractivity contribution in [3.05, 3.63) is 29.6 Å². The molecule has 164 valence electrons. The van der Waals surface area contributed by atoms with Gasteiger partial charge in [-0.2, -0.15) is 0 Å². The van der Waals surface area contributed by atoms with Gasteiger partial charge in [0.1, 0.15) is 4.91 Å². The minimum Gasteiger partial charge on any atom is -0.462 e. The summed E-state index contributed by atoms with van der Waals surface area (Å²) in [6.07, 6.45) is 18.8. The van der Waals surface area contributed by atoms with Gasteiger partial charge in [0.2, 0.25) is 0 Å². The van der Waals surface area contributed by atoms with Gasteiger partial charge in [-0.05, 0) is 22.6 Å². The molecule has 0 fully saturated rings. The number of unbranched alkanes of at least 4 members (excludes halogenated alkanes) is 13. The molecule has 0 spiro atoms. The van der Waals surface area contributed by atoms with Gasteiger partial charge in [0.05, 0.1) is 15.1 Å². The second kappa shape index (κ2) is 16.7. The maximum Gasteiger partial charge on any atom is 0.345 e. The van der Waals surface area contributed by atoms with Gasteiger partial charge in [-0.3, -0.25) is 0 Å².